The van der Waals surface area contributed by atoms with Crippen molar-refractivity contribution in [3.8, 4) is 33.9 Å². The largest absolute Gasteiger partial charge is 0.284 e. The number of nitrogens with zero attached hydrogens (tertiary/aromatic N) is 2. The van der Waals surface area contributed by atoms with Crippen LogP contribution >= 0.6 is 12.2 Å². The van der Waals surface area contributed by atoms with E-state index >= 15 is 0 Å². The van der Waals surface area contributed by atoms with E-state index < -0.39 is 0 Å². The van der Waals surface area contributed by atoms with Gasteiger partial charge >= 0.3 is 0 Å². The molecule has 3 heteroatoms. The Morgan fingerprint density at radius 2 is 0.882 bits per heavy atom. The lowest BCUT2D eigenvalue weighted by molar-refractivity contribution is 0.947. The summed E-state index contributed by atoms with van der Waals surface area (Å²) in [7, 11) is 0. The molecule has 0 aliphatic rings. The van der Waals surface area contributed by atoms with E-state index in [1.807, 2.05) is 0 Å². The summed E-state index contributed by atoms with van der Waals surface area (Å²) >= 11 is 6.28. The third kappa shape index (κ3) is 3.82. The monoisotopic (exact) mass is 460 g/mol. The minimum atomic E-state index is 0.761. The topological polar surface area (TPSA) is 9.86 Å². The number of benzene rings is 4. The van der Waals surface area contributed by atoms with Crippen LogP contribution in [0.1, 0.15) is 22.3 Å². The van der Waals surface area contributed by atoms with E-state index in [0.29, 0.717) is 0 Å². The minimum Gasteiger partial charge on any atom is -0.284 e. The van der Waals surface area contributed by atoms with E-state index in [1.165, 1.54) is 22.3 Å². The zero-order chi connectivity index (χ0) is 23.8. The van der Waals surface area contributed by atoms with Crippen molar-refractivity contribution in [1.82, 2.24) is 9.13 Å². The molecule has 0 saturated carbocycles. The summed E-state index contributed by atoms with van der Waals surface area (Å²) in [6.07, 6.45) is 0. The maximum absolute atomic E-state index is 6.28. The smallest absolute Gasteiger partial charge is 0.190 e. The highest BCUT2D eigenvalue weighted by Gasteiger charge is 2.24. The molecule has 0 aliphatic carbocycles. The molecule has 0 unspecified atom stereocenters. The molecule has 0 bridgehead atoms. The van der Waals surface area contributed by atoms with E-state index in [-0.39, 0.29) is 0 Å². The lowest BCUT2D eigenvalue weighted by Crippen LogP contribution is -2.02. The zero-order valence-corrected chi connectivity index (χ0v) is 20.9. The van der Waals surface area contributed by atoms with E-state index in [1.54, 1.807) is 0 Å². The molecular weight excluding hydrogens is 432 g/mol. The Morgan fingerprint density at radius 1 is 0.500 bits per heavy atom. The van der Waals surface area contributed by atoms with Crippen LogP contribution in [0.15, 0.2) is 97.1 Å². The summed E-state index contributed by atoms with van der Waals surface area (Å²) in [5.74, 6) is 0. The van der Waals surface area contributed by atoms with Crippen LogP contribution in [0.3, 0.4) is 0 Å². The van der Waals surface area contributed by atoms with Gasteiger partial charge in [-0.1, -0.05) is 96.1 Å². The van der Waals surface area contributed by atoms with E-state index in [0.717, 1.165) is 38.7 Å². The SMILES string of the molecule is Cc1ccc(-n2c(-c3ccccc3)c(-c3ccccc3)n(-c3ccc(C)cc3C)c2=S)c(C)c1. The molecule has 0 spiro atoms. The molecule has 168 valence electrons. The van der Waals surface area contributed by atoms with Gasteiger partial charge in [0.05, 0.1) is 22.8 Å². The van der Waals surface area contributed by atoms with Crippen LogP contribution < -0.4 is 0 Å². The lowest BCUT2D eigenvalue weighted by Gasteiger charge is -2.14. The third-order valence-electron chi connectivity index (χ3n) is 6.33. The van der Waals surface area contributed by atoms with Gasteiger partial charge < -0.3 is 0 Å². The van der Waals surface area contributed by atoms with Crippen molar-refractivity contribution >= 4 is 12.2 Å². The van der Waals surface area contributed by atoms with Crippen LogP contribution in [0.4, 0.5) is 0 Å². The Balaban J connectivity index is 1.99. The van der Waals surface area contributed by atoms with E-state index in [4.69, 9.17) is 12.2 Å². The zero-order valence-electron chi connectivity index (χ0n) is 20.0. The van der Waals surface area contributed by atoms with Crippen LogP contribution in [0, 0.1) is 32.5 Å². The van der Waals surface area contributed by atoms with Crippen molar-refractivity contribution in [3.63, 3.8) is 0 Å². The molecule has 0 aliphatic heterocycles. The van der Waals surface area contributed by atoms with Crippen LogP contribution in [0.25, 0.3) is 33.9 Å². The molecule has 0 saturated heterocycles. The predicted octanol–water partition coefficient (Wildman–Crippen LogP) is 8.57. The molecule has 0 fully saturated rings. The van der Waals surface area contributed by atoms with Crippen LogP contribution in [-0.2, 0) is 0 Å². The number of imidazole rings is 1. The van der Waals surface area contributed by atoms with Gasteiger partial charge in [0.1, 0.15) is 0 Å². The average Bonchev–Trinajstić information content (AvgIpc) is 3.13. The molecule has 0 radical (unpaired) electrons. The maximum atomic E-state index is 6.28. The Kier molecular flexibility index (Phi) is 5.80. The van der Waals surface area contributed by atoms with Gasteiger partial charge in [-0.3, -0.25) is 9.13 Å². The van der Waals surface area contributed by atoms with Crippen molar-refractivity contribution in [2.24, 2.45) is 0 Å². The summed E-state index contributed by atoms with van der Waals surface area (Å²) < 4.78 is 5.26. The summed E-state index contributed by atoms with van der Waals surface area (Å²) in [5, 5.41) is 0. The van der Waals surface area contributed by atoms with Gasteiger partial charge in [0.25, 0.3) is 0 Å². The number of aryl methyl sites for hydroxylation is 4. The highest BCUT2D eigenvalue weighted by Crippen LogP contribution is 2.39. The van der Waals surface area contributed by atoms with Gasteiger partial charge in [-0.2, -0.15) is 0 Å². The van der Waals surface area contributed by atoms with Crippen molar-refractivity contribution in [2.45, 2.75) is 27.7 Å². The molecule has 0 N–H and O–H groups in total. The summed E-state index contributed by atoms with van der Waals surface area (Å²) in [6, 6.07) is 34.3. The Labute approximate surface area is 206 Å². The van der Waals surface area contributed by atoms with Gasteiger partial charge in [-0.25, -0.2) is 0 Å². The van der Waals surface area contributed by atoms with Crippen molar-refractivity contribution in [1.29, 1.82) is 0 Å². The minimum absolute atomic E-state index is 0.761. The number of aromatic nitrogens is 2. The van der Waals surface area contributed by atoms with Crippen molar-refractivity contribution in [3.05, 3.63) is 124 Å². The van der Waals surface area contributed by atoms with E-state index in [2.05, 4.69) is 134 Å². The standard InChI is InChI=1S/C31H28N2S/c1-21-15-17-27(23(3)19-21)32-29(25-11-7-5-8-12-25)30(26-13-9-6-10-14-26)33(31(32)34)28-18-16-22(2)20-24(28)4/h5-20H,1-4H3. The summed E-state index contributed by atoms with van der Waals surface area (Å²) in [6.45, 7) is 8.58. The van der Waals surface area contributed by atoms with E-state index in [9.17, 15) is 0 Å². The maximum Gasteiger partial charge on any atom is 0.190 e. The second-order valence-corrected chi connectivity index (χ2v) is 9.33. The highest BCUT2D eigenvalue weighted by atomic mass is 32.1. The Hall–Kier alpha value is -3.69. The molecule has 5 aromatic rings. The Bertz CT molecular complexity index is 1420. The molecule has 5 rings (SSSR count). The average molecular weight is 461 g/mol. The first-order chi connectivity index (χ1) is 16.5. The molecule has 2 nitrogen and oxygen atoms in total. The lowest BCUT2D eigenvalue weighted by atomic mass is 10.0. The number of hydrogen-bond acceptors (Lipinski definition) is 1. The van der Waals surface area contributed by atoms with Gasteiger partial charge in [0.2, 0.25) is 0 Å². The van der Waals surface area contributed by atoms with Gasteiger partial charge in [-0.05, 0) is 63.2 Å². The fourth-order valence-corrected chi connectivity index (χ4v) is 5.17. The Morgan fingerprint density at radius 3 is 1.24 bits per heavy atom. The molecule has 4 aromatic carbocycles. The number of hydrogen-bond donors (Lipinski definition) is 0. The van der Waals surface area contributed by atoms with Crippen LogP contribution in [-0.4, -0.2) is 9.13 Å². The van der Waals surface area contributed by atoms with Gasteiger partial charge in [0, 0.05) is 11.1 Å². The first-order valence-electron chi connectivity index (χ1n) is 11.6. The predicted molar refractivity (Wildman–Crippen MR) is 146 cm³/mol. The normalized spacial score (nSPS) is 11.1. The quantitative estimate of drug-likeness (QED) is 0.244. The van der Waals surface area contributed by atoms with Crippen LogP contribution in [0.2, 0.25) is 0 Å². The molecule has 1 aromatic heterocycles. The molecule has 1 heterocycles. The number of rotatable bonds is 4. The molecule has 0 atom stereocenters. The van der Waals surface area contributed by atoms with Gasteiger partial charge in [0.15, 0.2) is 4.77 Å². The summed E-state index contributed by atoms with van der Waals surface area (Å²) in [5.41, 5.74) is 11.6. The van der Waals surface area contributed by atoms with Gasteiger partial charge in [-0.15, -0.1) is 0 Å². The van der Waals surface area contributed by atoms with Crippen molar-refractivity contribution in [2.75, 3.05) is 0 Å². The first-order valence-corrected chi connectivity index (χ1v) is 12.0. The van der Waals surface area contributed by atoms with Crippen LogP contribution in [0.5, 0.6) is 0 Å². The summed E-state index contributed by atoms with van der Waals surface area (Å²) in [4.78, 5) is 0. The van der Waals surface area contributed by atoms with Crippen molar-refractivity contribution < 1.29 is 0 Å². The fourth-order valence-electron chi connectivity index (χ4n) is 4.79. The highest BCUT2D eigenvalue weighted by molar-refractivity contribution is 7.71. The third-order valence-corrected chi connectivity index (χ3v) is 6.70. The first kappa shape index (κ1) is 22.1. The molecule has 34 heavy (non-hydrogen) atoms. The second kappa shape index (κ2) is 8.92. The molecular formula is C31H28N2S. The second-order valence-electron chi connectivity index (χ2n) is 8.96. The fraction of sp³-hybridized carbons (Fsp3) is 0.129. The molecule has 0 amide bonds.